The second kappa shape index (κ2) is 6.11. The largest absolute Gasteiger partial charge is 0.496 e. The second-order valence-corrected chi connectivity index (χ2v) is 4.97. The standard InChI is InChI=1S/C15H12ClFN4O/c1-22-14-8-3-2-5-10(14)15-18-19-20-21(15)9-11-12(16)6-4-7-13(11)17/h2-8H,9H2,1H3. The summed E-state index contributed by atoms with van der Waals surface area (Å²) < 4.78 is 20.7. The predicted molar refractivity (Wildman–Crippen MR) is 80.3 cm³/mol. The van der Waals surface area contributed by atoms with E-state index in [1.54, 1.807) is 19.2 Å². The number of para-hydroxylation sites is 1. The smallest absolute Gasteiger partial charge is 0.186 e. The molecule has 1 heterocycles. The normalized spacial score (nSPS) is 10.7. The Kier molecular flexibility index (Phi) is 4.02. The molecule has 0 aliphatic heterocycles. The fourth-order valence-electron chi connectivity index (χ4n) is 2.17. The van der Waals surface area contributed by atoms with Crippen LogP contribution < -0.4 is 4.74 Å². The van der Waals surface area contributed by atoms with Crippen LogP contribution in [0, 0.1) is 5.82 Å². The van der Waals surface area contributed by atoms with Gasteiger partial charge in [-0.25, -0.2) is 9.07 Å². The van der Waals surface area contributed by atoms with Crippen LogP contribution in [0.25, 0.3) is 11.4 Å². The zero-order valence-electron chi connectivity index (χ0n) is 11.7. The number of tetrazole rings is 1. The van der Waals surface area contributed by atoms with Gasteiger partial charge in [0.1, 0.15) is 11.6 Å². The summed E-state index contributed by atoms with van der Waals surface area (Å²) in [5.74, 6) is 0.726. The van der Waals surface area contributed by atoms with E-state index in [0.717, 1.165) is 5.56 Å². The van der Waals surface area contributed by atoms with Gasteiger partial charge in [-0.2, -0.15) is 0 Å². The summed E-state index contributed by atoms with van der Waals surface area (Å²) in [6, 6.07) is 11.9. The summed E-state index contributed by atoms with van der Waals surface area (Å²) in [6.07, 6.45) is 0. The quantitative estimate of drug-likeness (QED) is 0.741. The number of benzene rings is 2. The third kappa shape index (κ3) is 2.65. The van der Waals surface area contributed by atoms with Crippen LogP contribution in [0.2, 0.25) is 5.02 Å². The fraction of sp³-hybridized carbons (Fsp3) is 0.133. The van der Waals surface area contributed by atoms with Crippen LogP contribution in [0.5, 0.6) is 5.75 Å². The minimum atomic E-state index is -0.394. The van der Waals surface area contributed by atoms with Gasteiger partial charge in [-0.05, 0) is 34.7 Å². The highest BCUT2D eigenvalue weighted by Gasteiger charge is 2.16. The average Bonchev–Trinajstić information content (AvgIpc) is 2.99. The van der Waals surface area contributed by atoms with Crippen molar-refractivity contribution in [3.05, 3.63) is 58.9 Å². The molecule has 22 heavy (non-hydrogen) atoms. The Morgan fingerprint density at radius 3 is 2.77 bits per heavy atom. The molecule has 0 aliphatic rings. The van der Waals surface area contributed by atoms with Crippen molar-refractivity contribution in [2.75, 3.05) is 7.11 Å². The average molecular weight is 319 g/mol. The monoisotopic (exact) mass is 318 g/mol. The van der Waals surface area contributed by atoms with Gasteiger partial charge in [0.25, 0.3) is 0 Å². The molecule has 0 aliphatic carbocycles. The van der Waals surface area contributed by atoms with Crippen LogP contribution in [0.1, 0.15) is 5.56 Å². The number of aromatic nitrogens is 4. The van der Waals surface area contributed by atoms with E-state index in [2.05, 4.69) is 15.5 Å². The van der Waals surface area contributed by atoms with Gasteiger partial charge in [0.05, 0.1) is 19.2 Å². The molecule has 0 N–H and O–H groups in total. The Balaban J connectivity index is 2.03. The van der Waals surface area contributed by atoms with Gasteiger partial charge in [-0.1, -0.05) is 29.8 Å². The van der Waals surface area contributed by atoms with Gasteiger partial charge in [-0.3, -0.25) is 0 Å². The van der Waals surface area contributed by atoms with Crippen molar-refractivity contribution in [1.29, 1.82) is 0 Å². The highest BCUT2D eigenvalue weighted by molar-refractivity contribution is 6.31. The van der Waals surface area contributed by atoms with E-state index in [1.165, 1.54) is 10.7 Å². The molecule has 0 unspecified atom stereocenters. The molecule has 3 rings (SSSR count). The topological polar surface area (TPSA) is 52.8 Å². The van der Waals surface area contributed by atoms with Crippen LogP contribution in [0.4, 0.5) is 4.39 Å². The maximum absolute atomic E-state index is 13.9. The number of nitrogens with zero attached hydrogens (tertiary/aromatic N) is 4. The summed E-state index contributed by atoms with van der Waals surface area (Å²) >= 11 is 6.06. The minimum Gasteiger partial charge on any atom is -0.496 e. The van der Waals surface area contributed by atoms with Crippen LogP contribution in [-0.2, 0) is 6.54 Å². The van der Waals surface area contributed by atoms with Gasteiger partial charge in [0.2, 0.25) is 0 Å². The van der Waals surface area contributed by atoms with E-state index in [-0.39, 0.29) is 6.54 Å². The number of rotatable bonds is 4. The van der Waals surface area contributed by atoms with Crippen molar-refractivity contribution in [3.8, 4) is 17.1 Å². The van der Waals surface area contributed by atoms with E-state index in [0.29, 0.717) is 22.2 Å². The van der Waals surface area contributed by atoms with Crippen LogP contribution >= 0.6 is 11.6 Å². The van der Waals surface area contributed by atoms with E-state index >= 15 is 0 Å². The Morgan fingerprint density at radius 1 is 1.18 bits per heavy atom. The van der Waals surface area contributed by atoms with Crippen molar-refractivity contribution in [1.82, 2.24) is 20.2 Å². The summed E-state index contributed by atoms with van der Waals surface area (Å²) in [5.41, 5.74) is 1.06. The number of halogens is 2. The minimum absolute atomic E-state index is 0.131. The molecule has 0 amide bonds. The zero-order chi connectivity index (χ0) is 15.5. The highest BCUT2D eigenvalue weighted by atomic mass is 35.5. The van der Waals surface area contributed by atoms with Crippen molar-refractivity contribution >= 4 is 11.6 Å². The number of ether oxygens (including phenoxy) is 1. The van der Waals surface area contributed by atoms with Crippen LogP contribution in [0.15, 0.2) is 42.5 Å². The molecule has 0 atom stereocenters. The lowest BCUT2D eigenvalue weighted by molar-refractivity contribution is 0.415. The van der Waals surface area contributed by atoms with Gasteiger partial charge in [0.15, 0.2) is 5.82 Å². The van der Waals surface area contributed by atoms with Crippen molar-refractivity contribution in [3.63, 3.8) is 0 Å². The number of hydrogen-bond donors (Lipinski definition) is 0. The first-order chi connectivity index (χ1) is 10.7. The third-order valence-corrected chi connectivity index (χ3v) is 3.60. The lowest BCUT2D eigenvalue weighted by Gasteiger charge is -2.10. The first kappa shape index (κ1) is 14.5. The molecule has 2 aromatic carbocycles. The fourth-order valence-corrected chi connectivity index (χ4v) is 2.39. The van der Waals surface area contributed by atoms with E-state index < -0.39 is 5.82 Å². The van der Waals surface area contributed by atoms with E-state index in [4.69, 9.17) is 16.3 Å². The Hall–Kier alpha value is -2.47. The second-order valence-electron chi connectivity index (χ2n) is 4.56. The molecule has 0 spiro atoms. The molecular formula is C15H12ClFN4O. The van der Waals surface area contributed by atoms with E-state index in [9.17, 15) is 4.39 Å². The Morgan fingerprint density at radius 2 is 2.00 bits per heavy atom. The van der Waals surface area contributed by atoms with Gasteiger partial charge < -0.3 is 4.74 Å². The first-order valence-electron chi connectivity index (χ1n) is 6.53. The summed E-state index contributed by atoms with van der Waals surface area (Å²) in [5, 5.41) is 11.9. The molecule has 0 saturated heterocycles. The zero-order valence-corrected chi connectivity index (χ0v) is 12.5. The molecule has 3 aromatic rings. The molecule has 0 fully saturated rings. The molecule has 7 heteroatoms. The maximum Gasteiger partial charge on any atom is 0.186 e. The van der Waals surface area contributed by atoms with Gasteiger partial charge >= 0.3 is 0 Å². The maximum atomic E-state index is 13.9. The molecule has 0 radical (unpaired) electrons. The SMILES string of the molecule is COc1ccccc1-c1nnnn1Cc1c(F)cccc1Cl. The number of methoxy groups -OCH3 is 1. The summed E-state index contributed by atoms with van der Waals surface area (Å²) in [7, 11) is 1.57. The Bertz CT molecular complexity index is 785. The van der Waals surface area contributed by atoms with Crippen LogP contribution in [-0.4, -0.2) is 27.3 Å². The van der Waals surface area contributed by atoms with Crippen molar-refractivity contribution < 1.29 is 9.13 Å². The van der Waals surface area contributed by atoms with Gasteiger partial charge in [-0.15, -0.1) is 5.10 Å². The molecule has 5 nitrogen and oxygen atoms in total. The number of hydrogen-bond acceptors (Lipinski definition) is 4. The summed E-state index contributed by atoms with van der Waals surface area (Å²) in [4.78, 5) is 0. The van der Waals surface area contributed by atoms with Crippen molar-refractivity contribution in [2.24, 2.45) is 0 Å². The molecule has 1 aromatic heterocycles. The third-order valence-electron chi connectivity index (χ3n) is 3.25. The first-order valence-corrected chi connectivity index (χ1v) is 6.91. The molecule has 0 saturated carbocycles. The van der Waals surface area contributed by atoms with Gasteiger partial charge in [0, 0.05) is 10.6 Å². The van der Waals surface area contributed by atoms with Crippen LogP contribution in [0.3, 0.4) is 0 Å². The summed E-state index contributed by atoms with van der Waals surface area (Å²) in [6.45, 7) is 0.131. The lowest BCUT2D eigenvalue weighted by atomic mass is 10.1. The molecule has 0 bridgehead atoms. The van der Waals surface area contributed by atoms with Crippen molar-refractivity contribution in [2.45, 2.75) is 6.54 Å². The van der Waals surface area contributed by atoms with E-state index in [1.807, 2.05) is 24.3 Å². The predicted octanol–water partition coefficient (Wildman–Crippen LogP) is 3.19. The molecular weight excluding hydrogens is 307 g/mol. The lowest BCUT2D eigenvalue weighted by Crippen LogP contribution is -2.07. The highest BCUT2D eigenvalue weighted by Crippen LogP contribution is 2.28. The molecule has 112 valence electrons. The Labute approximate surface area is 131 Å².